The Hall–Kier alpha value is -1.00. The number of hydrogen-bond acceptors (Lipinski definition) is 3. The van der Waals surface area contributed by atoms with E-state index in [1.165, 1.54) is 22.6 Å². The quantitative estimate of drug-likeness (QED) is 0.341. The molecule has 106 valence electrons. The molecule has 1 aromatic rings. The van der Waals surface area contributed by atoms with E-state index in [2.05, 4.69) is 9.72 Å². The Morgan fingerprint density at radius 2 is 2.05 bits per heavy atom. The van der Waals surface area contributed by atoms with Crippen LogP contribution in [0.5, 0.6) is 0 Å². The zero-order chi connectivity index (χ0) is 14.8. The van der Waals surface area contributed by atoms with Gasteiger partial charge in [-0.1, -0.05) is 0 Å². The summed E-state index contributed by atoms with van der Waals surface area (Å²) in [6, 6.07) is 0. The largest absolute Gasteiger partial charge is 0.469 e. The lowest BCUT2D eigenvalue weighted by Gasteiger charge is -2.16. The molecule has 0 unspecified atom stereocenters. The molecule has 0 aliphatic heterocycles. The smallest absolute Gasteiger partial charge is 0.419 e. The predicted octanol–water partition coefficient (Wildman–Crippen LogP) is 3.36. The number of carbonyl (C=O) groups excluding carboxylic acids is 1. The van der Waals surface area contributed by atoms with Gasteiger partial charge in [0.2, 0.25) is 0 Å². The van der Waals surface area contributed by atoms with E-state index in [0.717, 1.165) is 13.3 Å². The summed E-state index contributed by atoms with van der Waals surface area (Å²) in [5.74, 6) is -0.918. The second-order valence-corrected chi connectivity index (χ2v) is 4.44. The Morgan fingerprint density at radius 1 is 1.47 bits per heavy atom. The van der Waals surface area contributed by atoms with Gasteiger partial charge in [-0.15, -0.1) is 0 Å². The molecule has 0 aliphatic carbocycles. The molecule has 0 amide bonds. The number of aromatic nitrogens is 1. The van der Waals surface area contributed by atoms with Crippen LogP contribution < -0.4 is 0 Å². The number of alkyl halides is 5. The van der Waals surface area contributed by atoms with Gasteiger partial charge in [0.05, 0.1) is 19.1 Å². The molecule has 1 aromatic heterocycles. The number of hydrogen-bond donors (Lipinski definition) is 0. The van der Waals surface area contributed by atoms with Crippen molar-refractivity contribution < 1.29 is 31.5 Å². The third-order valence-corrected chi connectivity index (χ3v) is 3.04. The molecular formula is C10H7F5INO2. The van der Waals surface area contributed by atoms with Gasteiger partial charge in [-0.2, -0.15) is 13.2 Å². The van der Waals surface area contributed by atoms with Crippen LogP contribution >= 0.6 is 22.6 Å². The molecule has 0 saturated heterocycles. The van der Waals surface area contributed by atoms with Crippen molar-refractivity contribution in [2.24, 2.45) is 0 Å². The first kappa shape index (κ1) is 16.1. The minimum absolute atomic E-state index is 0.491. The third-order valence-electron chi connectivity index (χ3n) is 2.22. The van der Waals surface area contributed by atoms with E-state index in [0.29, 0.717) is 0 Å². The molecule has 1 heterocycles. The van der Waals surface area contributed by atoms with Crippen molar-refractivity contribution in [1.82, 2.24) is 4.98 Å². The number of rotatable bonds is 3. The van der Waals surface area contributed by atoms with Crippen LogP contribution in [0, 0.1) is 3.70 Å². The Kier molecular flexibility index (Phi) is 5.04. The van der Waals surface area contributed by atoms with Crippen LogP contribution in [0.15, 0.2) is 6.20 Å². The molecule has 9 heteroatoms. The number of methoxy groups -OCH3 is 1. The number of esters is 1. The first-order valence-electron chi connectivity index (χ1n) is 4.78. The van der Waals surface area contributed by atoms with E-state index in [9.17, 15) is 26.7 Å². The van der Waals surface area contributed by atoms with Crippen LogP contribution in [0.2, 0.25) is 0 Å². The molecule has 1 rings (SSSR count). The van der Waals surface area contributed by atoms with Crippen molar-refractivity contribution in [1.29, 1.82) is 0 Å². The summed E-state index contributed by atoms with van der Waals surface area (Å²) in [7, 11) is 1.01. The van der Waals surface area contributed by atoms with Gasteiger partial charge in [0.15, 0.2) is 0 Å². The van der Waals surface area contributed by atoms with E-state index in [1.807, 2.05) is 0 Å². The normalized spacial score (nSPS) is 11.8. The number of pyridine rings is 1. The van der Waals surface area contributed by atoms with Crippen molar-refractivity contribution in [2.75, 3.05) is 7.11 Å². The van der Waals surface area contributed by atoms with Crippen molar-refractivity contribution in [3.8, 4) is 0 Å². The maximum atomic E-state index is 12.9. The molecule has 0 aromatic carbocycles. The summed E-state index contributed by atoms with van der Waals surface area (Å²) in [6.45, 7) is 0. The van der Waals surface area contributed by atoms with Gasteiger partial charge in [-0.05, 0) is 28.2 Å². The first-order valence-corrected chi connectivity index (χ1v) is 5.85. The Balaban J connectivity index is 3.46. The van der Waals surface area contributed by atoms with Crippen LogP contribution in [-0.2, 0) is 22.1 Å². The van der Waals surface area contributed by atoms with E-state index in [-0.39, 0.29) is 0 Å². The fourth-order valence-corrected chi connectivity index (χ4v) is 2.16. The third kappa shape index (κ3) is 3.74. The summed E-state index contributed by atoms with van der Waals surface area (Å²) in [6.07, 6.45) is -8.20. The van der Waals surface area contributed by atoms with Crippen molar-refractivity contribution in [3.05, 3.63) is 26.6 Å². The van der Waals surface area contributed by atoms with Crippen LogP contribution in [-0.4, -0.2) is 18.1 Å². The van der Waals surface area contributed by atoms with Gasteiger partial charge in [0, 0.05) is 11.8 Å². The van der Waals surface area contributed by atoms with E-state index >= 15 is 0 Å². The van der Waals surface area contributed by atoms with Gasteiger partial charge < -0.3 is 4.74 Å². The Morgan fingerprint density at radius 3 is 2.47 bits per heavy atom. The molecule has 0 saturated carbocycles. The highest BCUT2D eigenvalue weighted by atomic mass is 127. The van der Waals surface area contributed by atoms with Crippen molar-refractivity contribution in [2.45, 2.75) is 19.0 Å². The SMILES string of the molecule is COC(=O)Cc1cnc(I)c(C(F)(F)F)c1C(F)F. The first-order chi connectivity index (χ1) is 8.68. The Labute approximate surface area is 118 Å². The second kappa shape index (κ2) is 5.97. The highest BCUT2D eigenvalue weighted by Crippen LogP contribution is 2.40. The Bertz CT molecular complexity index is 490. The van der Waals surface area contributed by atoms with E-state index < -0.39 is 45.4 Å². The highest BCUT2D eigenvalue weighted by Gasteiger charge is 2.40. The summed E-state index contributed by atoms with van der Waals surface area (Å²) in [5, 5.41) is 0. The van der Waals surface area contributed by atoms with Crippen LogP contribution in [0.3, 0.4) is 0 Å². The van der Waals surface area contributed by atoms with Crippen LogP contribution in [0.1, 0.15) is 23.1 Å². The molecule has 0 bridgehead atoms. The molecule has 0 atom stereocenters. The fourth-order valence-electron chi connectivity index (χ4n) is 1.43. The minimum Gasteiger partial charge on any atom is -0.469 e. The fraction of sp³-hybridized carbons (Fsp3) is 0.400. The molecule has 0 fully saturated rings. The topological polar surface area (TPSA) is 39.2 Å². The average molecular weight is 395 g/mol. The zero-order valence-corrected chi connectivity index (χ0v) is 11.6. The molecule has 0 spiro atoms. The second-order valence-electron chi connectivity index (χ2n) is 3.41. The summed E-state index contributed by atoms with van der Waals surface area (Å²) < 4.78 is 67.7. The average Bonchev–Trinajstić information content (AvgIpc) is 2.28. The lowest BCUT2D eigenvalue weighted by atomic mass is 10.0. The van der Waals surface area contributed by atoms with Crippen molar-refractivity contribution >= 4 is 28.6 Å². The van der Waals surface area contributed by atoms with E-state index in [4.69, 9.17) is 0 Å². The highest BCUT2D eigenvalue weighted by molar-refractivity contribution is 14.1. The lowest BCUT2D eigenvalue weighted by Crippen LogP contribution is -2.17. The minimum atomic E-state index is -4.97. The molecule has 3 nitrogen and oxygen atoms in total. The van der Waals surface area contributed by atoms with Gasteiger partial charge in [-0.3, -0.25) is 4.79 Å². The number of ether oxygens (including phenoxy) is 1. The maximum Gasteiger partial charge on any atom is 0.419 e. The molecular weight excluding hydrogens is 388 g/mol. The van der Waals surface area contributed by atoms with Gasteiger partial charge in [0.25, 0.3) is 6.43 Å². The predicted molar refractivity (Wildman–Crippen MR) is 62.6 cm³/mol. The monoisotopic (exact) mass is 395 g/mol. The molecule has 0 aliphatic rings. The molecule has 0 N–H and O–H groups in total. The van der Waals surface area contributed by atoms with Crippen LogP contribution in [0.4, 0.5) is 22.0 Å². The summed E-state index contributed by atoms with van der Waals surface area (Å²) in [5.41, 5.74) is -3.23. The number of nitrogens with zero attached hydrogens (tertiary/aromatic N) is 1. The van der Waals surface area contributed by atoms with Gasteiger partial charge >= 0.3 is 12.1 Å². The van der Waals surface area contributed by atoms with E-state index in [1.54, 1.807) is 0 Å². The maximum absolute atomic E-state index is 12.9. The standard InChI is InChI=1S/C10H7F5INO2/c1-19-5(18)2-4-3-17-9(16)7(10(13,14)15)6(4)8(11)12/h3,8H,2H2,1H3. The number of halogens is 6. The summed E-state index contributed by atoms with van der Waals surface area (Å²) in [4.78, 5) is 14.4. The van der Waals surface area contributed by atoms with Crippen LogP contribution in [0.25, 0.3) is 0 Å². The zero-order valence-electron chi connectivity index (χ0n) is 9.39. The van der Waals surface area contributed by atoms with Crippen molar-refractivity contribution in [3.63, 3.8) is 0 Å². The summed E-state index contributed by atoms with van der Waals surface area (Å²) >= 11 is 1.22. The molecule has 19 heavy (non-hydrogen) atoms. The number of carbonyl (C=O) groups is 1. The van der Waals surface area contributed by atoms with Gasteiger partial charge in [0.1, 0.15) is 3.70 Å². The lowest BCUT2D eigenvalue weighted by molar-refractivity contribution is -0.142. The van der Waals surface area contributed by atoms with Gasteiger partial charge in [-0.25, -0.2) is 13.8 Å². The molecule has 0 radical (unpaired) electrons.